The first-order valence-electron chi connectivity index (χ1n) is 8.82. The second kappa shape index (κ2) is 9.91. The molecular formula is C20H24N2O5S. The number of rotatable bonds is 9. The lowest BCUT2D eigenvalue weighted by Crippen LogP contribution is -2.18. The Hall–Kier alpha value is -2.84. The molecule has 2 aromatic carbocycles. The van der Waals surface area contributed by atoms with Gasteiger partial charge < -0.3 is 14.8 Å². The Kier molecular flexibility index (Phi) is 7.60. The van der Waals surface area contributed by atoms with E-state index in [4.69, 9.17) is 9.47 Å². The van der Waals surface area contributed by atoms with Crippen molar-refractivity contribution in [3.63, 3.8) is 0 Å². The van der Waals surface area contributed by atoms with Gasteiger partial charge in [-0.2, -0.15) is 0 Å². The molecule has 0 atom stereocenters. The van der Waals surface area contributed by atoms with Crippen LogP contribution in [0.1, 0.15) is 19.4 Å². The zero-order valence-corrected chi connectivity index (χ0v) is 16.9. The first kappa shape index (κ1) is 21.5. The summed E-state index contributed by atoms with van der Waals surface area (Å²) >= 11 is 0. The zero-order valence-electron chi connectivity index (χ0n) is 16.1. The summed E-state index contributed by atoms with van der Waals surface area (Å²) in [6, 6.07) is 11.4. The highest BCUT2D eigenvalue weighted by atomic mass is 32.2. The SMILES string of the molecule is CCOc1ccc(/C=C/C(=O)Nc2cccc(S(=O)(=O)NC)c2)cc1OCC. The van der Waals surface area contributed by atoms with Gasteiger partial charge in [0.15, 0.2) is 11.5 Å². The predicted molar refractivity (Wildman–Crippen MR) is 109 cm³/mol. The van der Waals surface area contributed by atoms with Crippen molar-refractivity contribution in [3.05, 3.63) is 54.1 Å². The molecule has 0 unspecified atom stereocenters. The van der Waals surface area contributed by atoms with E-state index in [0.717, 1.165) is 5.56 Å². The van der Waals surface area contributed by atoms with E-state index < -0.39 is 10.0 Å². The van der Waals surface area contributed by atoms with Crippen LogP contribution < -0.4 is 19.5 Å². The molecule has 0 heterocycles. The van der Waals surface area contributed by atoms with E-state index in [2.05, 4.69) is 10.0 Å². The lowest BCUT2D eigenvalue weighted by atomic mass is 10.2. The second-order valence-electron chi connectivity index (χ2n) is 5.63. The third kappa shape index (κ3) is 5.83. The summed E-state index contributed by atoms with van der Waals surface area (Å²) in [5.74, 6) is 0.872. The minimum absolute atomic E-state index is 0.0737. The lowest BCUT2D eigenvalue weighted by molar-refractivity contribution is -0.111. The highest BCUT2D eigenvalue weighted by Gasteiger charge is 2.12. The van der Waals surface area contributed by atoms with Gasteiger partial charge in [0.2, 0.25) is 15.9 Å². The number of anilines is 1. The molecule has 0 aliphatic heterocycles. The van der Waals surface area contributed by atoms with Gasteiger partial charge in [0.25, 0.3) is 0 Å². The van der Waals surface area contributed by atoms with Crippen LogP contribution in [0.3, 0.4) is 0 Å². The number of ether oxygens (including phenoxy) is 2. The molecule has 0 radical (unpaired) electrons. The molecule has 0 bridgehead atoms. The van der Waals surface area contributed by atoms with Gasteiger partial charge in [0.05, 0.1) is 18.1 Å². The molecule has 0 aliphatic carbocycles. The Balaban J connectivity index is 2.12. The van der Waals surface area contributed by atoms with Gasteiger partial charge in [-0.15, -0.1) is 0 Å². The maximum Gasteiger partial charge on any atom is 0.248 e. The fraction of sp³-hybridized carbons (Fsp3) is 0.250. The van der Waals surface area contributed by atoms with Crippen molar-refractivity contribution in [2.45, 2.75) is 18.7 Å². The third-order valence-corrected chi connectivity index (χ3v) is 5.09. The van der Waals surface area contributed by atoms with E-state index in [1.807, 2.05) is 19.9 Å². The van der Waals surface area contributed by atoms with Crippen LogP contribution in [0.25, 0.3) is 6.08 Å². The molecule has 150 valence electrons. The summed E-state index contributed by atoms with van der Waals surface area (Å²) in [5, 5.41) is 2.65. The molecule has 7 nitrogen and oxygen atoms in total. The maximum absolute atomic E-state index is 12.2. The molecule has 0 aliphatic rings. The number of carbonyl (C=O) groups is 1. The fourth-order valence-electron chi connectivity index (χ4n) is 2.39. The molecule has 0 spiro atoms. The smallest absolute Gasteiger partial charge is 0.248 e. The Morgan fingerprint density at radius 2 is 1.75 bits per heavy atom. The standard InChI is InChI=1S/C20H24N2O5S/c1-4-26-18-11-9-15(13-19(18)27-5-2)10-12-20(23)22-16-7-6-8-17(14-16)28(24,25)21-3/h6-14,21H,4-5H2,1-3H3,(H,22,23)/b12-10+. The summed E-state index contributed by atoms with van der Waals surface area (Å²) < 4.78 is 37.0. The van der Waals surface area contributed by atoms with E-state index in [0.29, 0.717) is 30.4 Å². The van der Waals surface area contributed by atoms with E-state index in [9.17, 15) is 13.2 Å². The summed E-state index contributed by atoms with van der Waals surface area (Å²) in [6.45, 7) is 4.80. The molecule has 2 rings (SSSR count). The molecule has 0 aromatic heterocycles. The number of nitrogens with one attached hydrogen (secondary N) is 2. The number of benzene rings is 2. The van der Waals surface area contributed by atoms with Gasteiger partial charge in [0.1, 0.15) is 0 Å². The number of carbonyl (C=O) groups excluding carboxylic acids is 1. The van der Waals surface area contributed by atoms with Crippen LogP contribution in [0.5, 0.6) is 11.5 Å². The van der Waals surface area contributed by atoms with Gasteiger partial charge in [-0.25, -0.2) is 13.1 Å². The molecule has 1 amide bonds. The quantitative estimate of drug-likeness (QED) is 0.627. The monoisotopic (exact) mass is 404 g/mol. The van der Waals surface area contributed by atoms with Gasteiger partial charge in [-0.05, 0) is 62.9 Å². The average molecular weight is 404 g/mol. The van der Waals surface area contributed by atoms with Crippen LogP contribution in [0, 0.1) is 0 Å². The largest absolute Gasteiger partial charge is 0.490 e. The van der Waals surface area contributed by atoms with Crippen molar-refractivity contribution >= 4 is 27.7 Å². The van der Waals surface area contributed by atoms with Gasteiger partial charge in [-0.1, -0.05) is 12.1 Å². The minimum atomic E-state index is -3.58. The van der Waals surface area contributed by atoms with Crippen LogP contribution >= 0.6 is 0 Å². The van der Waals surface area contributed by atoms with Crippen molar-refractivity contribution in [2.75, 3.05) is 25.6 Å². The van der Waals surface area contributed by atoms with Crippen molar-refractivity contribution in [1.29, 1.82) is 0 Å². The Morgan fingerprint density at radius 1 is 1.04 bits per heavy atom. The van der Waals surface area contributed by atoms with Gasteiger partial charge >= 0.3 is 0 Å². The van der Waals surface area contributed by atoms with Crippen molar-refractivity contribution in [2.24, 2.45) is 0 Å². The molecule has 2 aromatic rings. The van der Waals surface area contributed by atoms with Crippen LogP contribution in [-0.4, -0.2) is 34.6 Å². The fourth-order valence-corrected chi connectivity index (χ4v) is 3.16. The molecule has 0 fully saturated rings. The summed E-state index contributed by atoms with van der Waals surface area (Å²) in [6.07, 6.45) is 3.01. The third-order valence-electron chi connectivity index (χ3n) is 3.68. The Bertz CT molecular complexity index is 955. The molecular weight excluding hydrogens is 380 g/mol. The predicted octanol–water partition coefficient (Wildman–Crippen LogP) is 3.04. The van der Waals surface area contributed by atoms with E-state index >= 15 is 0 Å². The van der Waals surface area contributed by atoms with Gasteiger partial charge in [-0.3, -0.25) is 4.79 Å². The lowest BCUT2D eigenvalue weighted by Gasteiger charge is -2.11. The molecule has 28 heavy (non-hydrogen) atoms. The summed E-state index contributed by atoms with van der Waals surface area (Å²) in [5.41, 5.74) is 1.15. The van der Waals surface area contributed by atoms with E-state index in [-0.39, 0.29) is 10.8 Å². The van der Waals surface area contributed by atoms with Crippen LogP contribution in [0.2, 0.25) is 0 Å². The Morgan fingerprint density at radius 3 is 2.43 bits per heavy atom. The molecule has 0 saturated heterocycles. The van der Waals surface area contributed by atoms with Crippen molar-refractivity contribution < 1.29 is 22.7 Å². The van der Waals surface area contributed by atoms with Crippen molar-refractivity contribution in [3.8, 4) is 11.5 Å². The molecule has 0 saturated carbocycles. The van der Waals surface area contributed by atoms with Crippen LogP contribution in [0.4, 0.5) is 5.69 Å². The maximum atomic E-state index is 12.2. The topological polar surface area (TPSA) is 93.7 Å². The Labute approximate surface area is 165 Å². The number of hydrogen-bond acceptors (Lipinski definition) is 5. The minimum Gasteiger partial charge on any atom is -0.490 e. The first-order chi connectivity index (χ1) is 13.4. The van der Waals surface area contributed by atoms with Crippen LogP contribution in [-0.2, 0) is 14.8 Å². The van der Waals surface area contributed by atoms with E-state index in [1.165, 1.54) is 25.3 Å². The second-order valence-corrected chi connectivity index (χ2v) is 7.52. The highest BCUT2D eigenvalue weighted by molar-refractivity contribution is 7.89. The molecule has 2 N–H and O–H groups in total. The number of amides is 1. The normalized spacial score (nSPS) is 11.4. The summed E-state index contributed by atoms with van der Waals surface area (Å²) in [7, 11) is -2.25. The number of hydrogen-bond donors (Lipinski definition) is 2. The highest BCUT2D eigenvalue weighted by Crippen LogP contribution is 2.29. The summed E-state index contributed by atoms with van der Waals surface area (Å²) in [4.78, 5) is 12.3. The zero-order chi connectivity index (χ0) is 20.6. The van der Waals surface area contributed by atoms with Crippen LogP contribution in [0.15, 0.2) is 53.4 Å². The van der Waals surface area contributed by atoms with E-state index in [1.54, 1.807) is 30.3 Å². The van der Waals surface area contributed by atoms with Gasteiger partial charge in [0, 0.05) is 11.8 Å². The average Bonchev–Trinajstić information content (AvgIpc) is 2.68. The van der Waals surface area contributed by atoms with Crippen molar-refractivity contribution in [1.82, 2.24) is 4.72 Å². The molecule has 8 heteroatoms. The first-order valence-corrected chi connectivity index (χ1v) is 10.3. The number of sulfonamides is 1.